The molecule has 6 heteroatoms. The minimum atomic E-state index is -0.167. The van der Waals surface area contributed by atoms with E-state index in [0.717, 1.165) is 24.1 Å². The Morgan fingerprint density at radius 2 is 2.05 bits per heavy atom. The van der Waals surface area contributed by atoms with Gasteiger partial charge in [0.2, 0.25) is 0 Å². The number of hydrogen-bond donors (Lipinski definition) is 2. The van der Waals surface area contributed by atoms with Crippen molar-refractivity contribution in [2.24, 2.45) is 0 Å². The Bertz CT molecular complexity index is 668. The lowest BCUT2D eigenvalue weighted by Crippen LogP contribution is -2.26. The molecule has 1 aromatic heterocycles. The van der Waals surface area contributed by atoms with E-state index in [1.807, 2.05) is 25.1 Å². The van der Waals surface area contributed by atoms with Gasteiger partial charge in [-0.1, -0.05) is 11.6 Å². The van der Waals surface area contributed by atoms with Crippen LogP contribution in [0.3, 0.4) is 0 Å². The number of carbonyl (C=O) groups excluding carboxylic acids is 1. The number of halogens is 1. The third-order valence-corrected chi connectivity index (χ3v) is 3.50. The molecule has 1 aliphatic carbocycles. The Morgan fingerprint density at radius 3 is 2.67 bits per heavy atom. The molecule has 0 bridgehead atoms. The lowest BCUT2D eigenvalue weighted by molar-refractivity contribution is 0.0945. The molecule has 1 amide bonds. The molecule has 0 unspecified atom stereocenters. The highest BCUT2D eigenvalue weighted by molar-refractivity contribution is 6.30. The maximum atomic E-state index is 11.8. The molecule has 5 nitrogen and oxygen atoms in total. The molecule has 108 valence electrons. The van der Waals surface area contributed by atoms with E-state index in [0.29, 0.717) is 22.6 Å². The predicted octanol–water partition coefficient (Wildman–Crippen LogP) is 3.07. The summed E-state index contributed by atoms with van der Waals surface area (Å²) in [7, 11) is 0. The molecule has 1 saturated carbocycles. The maximum absolute atomic E-state index is 11.8. The molecule has 1 heterocycles. The van der Waals surface area contributed by atoms with E-state index >= 15 is 0 Å². The molecule has 0 radical (unpaired) electrons. The number of hydrogen-bond acceptors (Lipinski definition) is 4. The molecule has 2 aromatic rings. The first-order valence-electron chi connectivity index (χ1n) is 6.79. The lowest BCUT2D eigenvalue weighted by atomic mass is 10.2. The fraction of sp³-hybridized carbons (Fsp3) is 0.267. The lowest BCUT2D eigenvalue weighted by Gasteiger charge is -2.09. The Labute approximate surface area is 127 Å². The van der Waals surface area contributed by atoms with Gasteiger partial charge in [0.05, 0.1) is 0 Å². The van der Waals surface area contributed by atoms with Crippen molar-refractivity contribution < 1.29 is 4.79 Å². The number of benzene rings is 1. The molecule has 3 rings (SSSR count). The predicted molar refractivity (Wildman–Crippen MR) is 82.0 cm³/mol. The fourth-order valence-corrected chi connectivity index (χ4v) is 2.14. The second kappa shape index (κ2) is 5.69. The molecule has 1 aliphatic rings. The van der Waals surface area contributed by atoms with Gasteiger partial charge < -0.3 is 10.6 Å². The van der Waals surface area contributed by atoms with Crippen LogP contribution in [0.15, 0.2) is 30.3 Å². The third-order valence-electron chi connectivity index (χ3n) is 3.26. The summed E-state index contributed by atoms with van der Waals surface area (Å²) in [4.78, 5) is 11.8. The standard InChI is InChI=1S/C15H15ClN4O/c1-9-8-10(16)2-5-12(9)18-14-7-6-13(19-20-14)15(21)17-11-3-4-11/h2,5-8,11H,3-4H2,1H3,(H,17,21)(H,18,20). The minimum Gasteiger partial charge on any atom is -0.348 e. The summed E-state index contributed by atoms with van der Waals surface area (Å²) in [6, 6.07) is 9.28. The molecular weight excluding hydrogens is 288 g/mol. The molecule has 0 saturated heterocycles. The number of nitrogens with zero attached hydrogens (tertiary/aromatic N) is 2. The maximum Gasteiger partial charge on any atom is 0.272 e. The van der Waals surface area contributed by atoms with Gasteiger partial charge in [-0.3, -0.25) is 4.79 Å². The second-order valence-electron chi connectivity index (χ2n) is 5.14. The van der Waals surface area contributed by atoms with E-state index in [2.05, 4.69) is 20.8 Å². The van der Waals surface area contributed by atoms with E-state index in [1.54, 1.807) is 12.1 Å². The highest BCUT2D eigenvalue weighted by Gasteiger charge is 2.24. The minimum absolute atomic E-state index is 0.167. The van der Waals surface area contributed by atoms with Crippen molar-refractivity contribution in [1.82, 2.24) is 15.5 Å². The van der Waals surface area contributed by atoms with Crippen LogP contribution in [0.1, 0.15) is 28.9 Å². The van der Waals surface area contributed by atoms with Gasteiger partial charge in [0.1, 0.15) is 0 Å². The number of carbonyl (C=O) groups is 1. The summed E-state index contributed by atoms with van der Waals surface area (Å²) in [6.45, 7) is 1.96. The number of anilines is 2. The average molecular weight is 303 g/mol. The Kier molecular flexibility index (Phi) is 3.75. The quantitative estimate of drug-likeness (QED) is 0.911. The van der Waals surface area contributed by atoms with Crippen molar-refractivity contribution in [1.29, 1.82) is 0 Å². The Balaban J connectivity index is 1.70. The number of nitrogens with one attached hydrogen (secondary N) is 2. The first-order valence-corrected chi connectivity index (χ1v) is 7.17. The zero-order valence-electron chi connectivity index (χ0n) is 11.6. The zero-order chi connectivity index (χ0) is 14.8. The van der Waals surface area contributed by atoms with Gasteiger partial charge in [0.15, 0.2) is 11.5 Å². The third kappa shape index (κ3) is 3.49. The summed E-state index contributed by atoms with van der Waals surface area (Å²) in [5, 5.41) is 14.7. The highest BCUT2D eigenvalue weighted by Crippen LogP contribution is 2.22. The van der Waals surface area contributed by atoms with Gasteiger partial charge >= 0.3 is 0 Å². The van der Waals surface area contributed by atoms with Gasteiger partial charge in [-0.05, 0) is 55.7 Å². The van der Waals surface area contributed by atoms with Crippen molar-refractivity contribution in [2.75, 3.05) is 5.32 Å². The molecule has 0 aliphatic heterocycles. The molecule has 0 atom stereocenters. The summed E-state index contributed by atoms with van der Waals surface area (Å²) < 4.78 is 0. The van der Waals surface area contributed by atoms with Crippen molar-refractivity contribution >= 4 is 29.0 Å². The topological polar surface area (TPSA) is 66.9 Å². The molecule has 21 heavy (non-hydrogen) atoms. The second-order valence-corrected chi connectivity index (χ2v) is 5.57. The van der Waals surface area contributed by atoms with Crippen molar-refractivity contribution in [3.05, 3.63) is 46.6 Å². The van der Waals surface area contributed by atoms with Crippen LogP contribution >= 0.6 is 11.6 Å². The van der Waals surface area contributed by atoms with Crippen LogP contribution < -0.4 is 10.6 Å². The zero-order valence-corrected chi connectivity index (χ0v) is 12.3. The molecular formula is C15H15ClN4O. The molecule has 0 spiro atoms. The van der Waals surface area contributed by atoms with Gasteiger partial charge in [-0.25, -0.2) is 0 Å². The molecule has 2 N–H and O–H groups in total. The number of aromatic nitrogens is 2. The van der Waals surface area contributed by atoms with Gasteiger partial charge in [0, 0.05) is 16.8 Å². The van der Waals surface area contributed by atoms with Gasteiger partial charge in [-0.15, -0.1) is 10.2 Å². The summed E-state index contributed by atoms with van der Waals surface area (Å²) in [6.07, 6.45) is 2.10. The van der Waals surface area contributed by atoms with Gasteiger partial charge in [0.25, 0.3) is 5.91 Å². The van der Waals surface area contributed by atoms with Crippen LogP contribution in [0.2, 0.25) is 5.02 Å². The van der Waals surface area contributed by atoms with Crippen LogP contribution in [0, 0.1) is 6.92 Å². The van der Waals surface area contributed by atoms with E-state index in [-0.39, 0.29) is 5.91 Å². The van der Waals surface area contributed by atoms with E-state index in [1.165, 1.54) is 0 Å². The number of aryl methyl sites for hydroxylation is 1. The Hall–Kier alpha value is -2.14. The Morgan fingerprint density at radius 1 is 1.24 bits per heavy atom. The van der Waals surface area contributed by atoms with Crippen molar-refractivity contribution in [3.63, 3.8) is 0 Å². The van der Waals surface area contributed by atoms with Crippen LogP contribution in [0.4, 0.5) is 11.5 Å². The van der Waals surface area contributed by atoms with Crippen LogP contribution in [-0.2, 0) is 0 Å². The largest absolute Gasteiger partial charge is 0.348 e. The molecule has 1 fully saturated rings. The number of amides is 1. The van der Waals surface area contributed by atoms with Crippen LogP contribution in [0.25, 0.3) is 0 Å². The average Bonchev–Trinajstić information content (AvgIpc) is 3.26. The first-order chi connectivity index (χ1) is 10.1. The summed E-state index contributed by atoms with van der Waals surface area (Å²) >= 11 is 5.92. The van der Waals surface area contributed by atoms with E-state index in [9.17, 15) is 4.79 Å². The van der Waals surface area contributed by atoms with E-state index < -0.39 is 0 Å². The first kappa shape index (κ1) is 13.8. The van der Waals surface area contributed by atoms with Crippen molar-refractivity contribution in [2.45, 2.75) is 25.8 Å². The van der Waals surface area contributed by atoms with Crippen LogP contribution in [-0.4, -0.2) is 22.1 Å². The monoisotopic (exact) mass is 302 g/mol. The number of rotatable bonds is 4. The SMILES string of the molecule is Cc1cc(Cl)ccc1Nc1ccc(C(=O)NC2CC2)nn1. The summed E-state index contributed by atoms with van der Waals surface area (Å²) in [5.74, 6) is 0.419. The normalized spacial score (nSPS) is 13.8. The molecule has 1 aromatic carbocycles. The fourth-order valence-electron chi connectivity index (χ4n) is 1.91. The van der Waals surface area contributed by atoms with Crippen LogP contribution in [0.5, 0.6) is 0 Å². The van der Waals surface area contributed by atoms with E-state index in [4.69, 9.17) is 11.6 Å². The van der Waals surface area contributed by atoms with Crippen molar-refractivity contribution in [3.8, 4) is 0 Å². The van der Waals surface area contributed by atoms with Gasteiger partial charge in [-0.2, -0.15) is 0 Å². The summed E-state index contributed by atoms with van der Waals surface area (Å²) in [5.41, 5.74) is 2.25. The highest BCUT2D eigenvalue weighted by atomic mass is 35.5. The smallest absolute Gasteiger partial charge is 0.272 e.